The standard InChI is InChI=1S/C29H32Cl3N3O4S/c1-29(2,3)33-28(37)26(14-20-9-6-5-7-10-20)34(18-21-11-8-12-22(30)13-21)27(36)19-35(40(4,38)39)25-16-23(31)15-24(32)17-25/h5-13,15-17,26H,14,18-19H2,1-4H3,(H,33,37)/t26-/m1/s1. The summed E-state index contributed by atoms with van der Waals surface area (Å²) < 4.78 is 26.7. The predicted molar refractivity (Wildman–Crippen MR) is 162 cm³/mol. The number of nitrogens with zero attached hydrogens (tertiary/aromatic N) is 2. The summed E-state index contributed by atoms with van der Waals surface area (Å²) in [6.45, 7) is 4.98. The molecule has 0 aliphatic rings. The van der Waals surface area contributed by atoms with Gasteiger partial charge >= 0.3 is 0 Å². The molecular weight excluding hydrogens is 593 g/mol. The maximum atomic E-state index is 14.1. The van der Waals surface area contributed by atoms with Gasteiger partial charge in [0.2, 0.25) is 21.8 Å². The van der Waals surface area contributed by atoms with Crippen LogP contribution in [0.2, 0.25) is 15.1 Å². The summed E-state index contributed by atoms with van der Waals surface area (Å²) >= 11 is 18.5. The Hall–Kier alpha value is -2.78. The lowest BCUT2D eigenvalue weighted by molar-refractivity contribution is -0.140. The van der Waals surface area contributed by atoms with Gasteiger partial charge in [-0.1, -0.05) is 77.3 Å². The van der Waals surface area contributed by atoms with Crippen LogP contribution in [0, 0.1) is 0 Å². The highest BCUT2D eigenvalue weighted by Crippen LogP contribution is 2.28. The van der Waals surface area contributed by atoms with Crippen LogP contribution < -0.4 is 9.62 Å². The Labute approximate surface area is 251 Å². The molecule has 2 amide bonds. The molecule has 0 bridgehead atoms. The molecule has 3 rings (SSSR count). The van der Waals surface area contributed by atoms with Gasteiger partial charge in [-0.05, 0) is 62.2 Å². The highest BCUT2D eigenvalue weighted by atomic mass is 35.5. The Morgan fingerprint density at radius 3 is 2.00 bits per heavy atom. The summed E-state index contributed by atoms with van der Waals surface area (Å²) in [6.07, 6.45) is 1.20. The second-order valence-corrected chi connectivity index (χ2v) is 13.7. The van der Waals surface area contributed by atoms with Crippen molar-refractivity contribution in [1.29, 1.82) is 0 Å². The van der Waals surface area contributed by atoms with Gasteiger partial charge in [0, 0.05) is 33.6 Å². The van der Waals surface area contributed by atoms with Crippen LogP contribution in [0.25, 0.3) is 0 Å². The van der Waals surface area contributed by atoms with Gasteiger partial charge in [-0.25, -0.2) is 8.42 Å². The number of hydrogen-bond acceptors (Lipinski definition) is 4. The number of benzene rings is 3. The summed E-state index contributed by atoms with van der Waals surface area (Å²) in [6, 6.07) is 19.6. The number of rotatable bonds is 10. The molecule has 40 heavy (non-hydrogen) atoms. The summed E-state index contributed by atoms with van der Waals surface area (Å²) in [5.41, 5.74) is 1.07. The molecule has 0 fully saturated rings. The van der Waals surface area contributed by atoms with Crippen molar-refractivity contribution in [2.45, 2.75) is 45.3 Å². The molecule has 214 valence electrons. The third-order valence-electron chi connectivity index (χ3n) is 5.83. The van der Waals surface area contributed by atoms with Crippen molar-refractivity contribution in [3.8, 4) is 0 Å². The number of halogens is 3. The molecule has 0 aromatic heterocycles. The first-order valence-corrected chi connectivity index (χ1v) is 15.4. The number of anilines is 1. The van der Waals surface area contributed by atoms with Gasteiger partial charge in [0.1, 0.15) is 12.6 Å². The number of nitrogens with one attached hydrogen (secondary N) is 1. The Morgan fingerprint density at radius 2 is 1.45 bits per heavy atom. The lowest BCUT2D eigenvalue weighted by Crippen LogP contribution is -2.56. The zero-order chi connectivity index (χ0) is 29.7. The first kappa shape index (κ1) is 31.7. The molecule has 0 aliphatic carbocycles. The zero-order valence-corrected chi connectivity index (χ0v) is 25.8. The topological polar surface area (TPSA) is 86.8 Å². The Bertz CT molecular complexity index is 1440. The molecule has 0 spiro atoms. The second-order valence-electron chi connectivity index (χ2n) is 10.5. The van der Waals surface area contributed by atoms with Crippen molar-refractivity contribution in [2.75, 3.05) is 17.1 Å². The lowest BCUT2D eigenvalue weighted by Gasteiger charge is -2.35. The van der Waals surface area contributed by atoms with E-state index in [1.165, 1.54) is 23.1 Å². The van der Waals surface area contributed by atoms with E-state index in [0.717, 1.165) is 16.1 Å². The average molecular weight is 625 g/mol. The van der Waals surface area contributed by atoms with Crippen molar-refractivity contribution in [2.24, 2.45) is 0 Å². The van der Waals surface area contributed by atoms with E-state index in [1.54, 1.807) is 24.3 Å². The van der Waals surface area contributed by atoms with E-state index in [1.807, 2.05) is 51.1 Å². The van der Waals surface area contributed by atoms with Gasteiger partial charge in [-0.3, -0.25) is 13.9 Å². The fourth-order valence-corrected chi connectivity index (χ4v) is 5.70. The van der Waals surface area contributed by atoms with Gasteiger partial charge in [0.05, 0.1) is 11.9 Å². The van der Waals surface area contributed by atoms with Crippen LogP contribution in [-0.4, -0.2) is 49.5 Å². The van der Waals surface area contributed by atoms with E-state index < -0.39 is 34.1 Å². The number of carbonyl (C=O) groups is 2. The number of carbonyl (C=O) groups excluding carboxylic acids is 2. The number of amides is 2. The molecule has 7 nitrogen and oxygen atoms in total. The maximum Gasteiger partial charge on any atom is 0.244 e. The highest BCUT2D eigenvalue weighted by Gasteiger charge is 2.34. The molecular formula is C29H32Cl3N3O4S. The molecule has 1 atom stereocenters. The molecule has 0 radical (unpaired) electrons. The van der Waals surface area contributed by atoms with Crippen LogP contribution in [-0.2, 0) is 32.6 Å². The van der Waals surface area contributed by atoms with E-state index in [4.69, 9.17) is 34.8 Å². The fraction of sp³-hybridized carbons (Fsp3) is 0.310. The van der Waals surface area contributed by atoms with E-state index in [0.29, 0.717) is 10.6 Å². The third-order valence-corrected chi connectivity index (χ3v) is 7.64. The average Bonchev–Trinajstić information content (AvgIpc) is 2.82. The Kier molecular flexibility index (Phi) is 10.5. The predicted octanol–water partition coefficient (Wildman–Crippen LogP) is 5.97. The number of hydrogen-bond donors (Lipinski definition) is 1. The van der Waals surface area contributed by atoms with Gasteiger partial charge in [-0.15, -0.1) is 0 Å². The SMILES string of the molecule is CC(C)(C)NC(=O)[C@@H](Cc1ccccc1)N(Cc1cccc(Cl)c1)C(=O)CN(c1cc(Cl)cc(Cl)c1)S(C)(=O)=O. The van der Waals surface area contributed by atoms with Crippen molar-refractivity contribution < 1.29 is 18.0 Å². The van der Waals surface area contributed by atoms with Gasteiger partial charge in [-0.2, -0.15) is 0 Å². The van der Waals surface area contributed by atoms with Crippen LogP contribution in [0.15, 0.2) is 72.8 Å². The van der Waals surface area contributed by atoms with Gasteiger partial charge < -0.3 is 10.2 Å². The zero-order valence-electron chi connectivity index (χ0n) is 22.7. The largest absolute Gasteiger partial charge is 0.350 e. The maximum absolute atomic E-state index is 14.1. The van der Waals surface area contributed by atoms with Crippen LogP contribution >= 0.6 is 34.8 Å². The molecule has 0 saturated heterocycles. The van der Waals surface area contributed by atoms with Crippen molar-refractivity contribution in [3.05, 3.63) is 99.0 Å². The summed E-state index contributed by atoms with van der Waals surface area (Å²) in [5.74, 6) is -0.963. The summed E-state index contributed by atoms with van der Waals surface area (Å²) in [4.78, 5) is 29.2. The quantitative estimate of drug-likeness (QED) is 0.301. The molecule has 0 unspecified atom stereocenters. The molecule has 0 aliphatic heterocycles. The van der Waals surface area contributed by atoms with Crippen molar-refractivity contribution >= 4 is 62.3 Å². The van der Waals surface area contributed by atoms with E-state index >= 15 is 0 Å². The van der Waals surface area contributed by atoms with Gasteiger partial charge in [0.25, 0.3) is 0 Å². The smallest absolute Gasteiger partial charge is 0.244 e. The van der Waals surface area contributed by atoms with Crippen LogP contribution in [0.4, 0.5) is 5.69 Å². The highest BCUT2D eigenvalue weighted by molar-refractivity contribution is 7.92. The van der Waals surface area contributed by atoms with E-state index in [9.17, 15) is 18.0 Å². The molecule has 3 aromatic carbocycles. The molecule has 1 N–H and O–H groups in total. The Balaban J connectivity index is 2.09. The number of sulfonamides is 1. The van der Waals surface area contributed by atoms with Crippen LogP contribution in [0.5, 0.6) is 0 Å². The van der Waals surface area contributed by atoms with Crippen LogP contribution in [0.1, 0.15) is 31.9 Å². The monoisotopic (exact) mass is 623 g/mol. The Morgan fingerprint density at radius 1 is 0.850 bits per heavy atom. The first-order valence-electron chi connectivity index (χ1n) is 12.5. The van der Waals surface area contributed by atoms with Crippen LogP contribution in [0.3, 0.4) is 0 Å². The minimum atomic E-state index is -3.95. The summed E-state index contributed by atoms with van der Waals surface area (Å²) in [5, 5.41) is 3.87. The van der Waals surface area contributed by atoms with Crippen molar-refractivity contribution in [1.82, 2.24) is 10.2 Å². The fourth-order valence-electron chi connectivity index (χ4n) is 4.14. The normalized spacial score (nSPS) is 12.5. The molecule has 0 heterocycles. The molecule has 0 saturated carbocycles. The third kappa shape index (κ3) is 9.41. The molecule has 3 aromatic rings. The second kappa shape index (κ2) is 13.3. The van der Waals surface area contributed by atoms with E-state index in [2.05, 4.69) is 5.32 Å². The lowest BCUT2D eigenvalue weighted by atomic mass is 10.0. The van der Waals surface area contributed by atoms with E-state index in [-0.39, 0.29) is 34.6 Å². The summed E-state index contributed by atoms with van der Waals surface area (Å²) in [7, 11) is -3.95. The van der Waals surface area contributed by atoms with Gasteiger partial charge in [0.15, 0.2) is 0 Å². The minimum Gasteiger partial charge on any atom is -0.350 e. The van der Waals surface area contributed by atoms with Crippen molar-refractivity contribution in [3.63, 3.8) is 0 Å². The molecule has 11 heteroatoms. The first-order chi connectivity index (χ1) is 18.6. The minimum absolute atomic E-state index is 0.0162.